The van der Waals surface area contributed by atoms with E-state index in [1.54, 1.807) is 12.1 Å². The lowest BCUT2D eigenvalue weighted by Gasteiger charge is -2.24. The van der Waals surface area contributed by atoms with E-state index in [4.69, 9.17) is 12.2 Å². The first-order valence-corrected chi connectivity index (χ1v) is 8.80. The molecule has 1 aliphatic rings. The molecule has 2 aromatic rings. The monoisotopic (exact) mass is 366 g/mol. The van der Waals surface area contributed by atoms with Gasteiger partial charge < -0.3 is 5.32 Å². The van der Waals surface area contributed by atoms with Crippen molar-refractivity contribution in [2.45, 2.75) is 19.3 Å². The Kier molecular flexibility index (Phi) is 5.53. The molecule has 0 spiro atoms. The second kappa shape index (κ2) is 8.01. The Morgan fingerprint density at radius 2 is 1.85 bits per heavy atom. The number of carbonyl (C=O) groups excluding carboxylic acids is 1. The Hall–Kier alpha value is -2.86. The van der Waals surface area contributed by atoms with Crippen molar-refractivity contribution >= 4 is 40.4 Å². The predicted octanol–water partition coefficient (Wildman–Crippen LogP) is 4.79. The molecule has 1 atom stereocenters. The number of non-ortho nitro benzene ring substituents is 1. The van der Waals surface area contributed by atoms with Crippen molar-refractivity contribution < 1.29 is 9.72 Å². The number of carbonyl (C=O) groups is 1. The van der Waals surface area contributed by atoms with Crippen LogP contribution in [0.2, 0.25) is 0 Å². The lowest BCUT2D eigenvalue weighted by Crippen LogP contribution is -2.32. The third-order valence-corrected chi connectivity index (χ3v) is 4.76. The van der Waals surface area contributed by atoms with Crippen LogP contribution in [-0.2, 0) is 4.79 Å². The Balaban J connectivity index is 1.71. The zero-order valence-corrected chi connectivity index (χ0v) is 14.9. The third-order valence-electron chi connectivity index (χ3n) is 4.37. The highest BCUT2D eigenvalue weighted by atomic mass is 32.1. The topological polar surface area (TPSA) is 72.2 Å². The molecule has 1 aliphatic carbocycles. The van der Waals surface area contributed by atoms with Crippen LogP contribution < -0.4 is 5.32 Å². The first-order valence-electron chi connectivity index (χ1n) is 8.40. The van der Waals surface area contributed by atoms with Gasteiger partial charge in [0, 0.05) is 17.8 Å². The minimum Gasteiger partial charge on any atom is -0.349 e. The van der Waals surface area contributed by atoms with E-state index in [2.05, 4.69) is 5.32 Å². The number of hydrogen-bond acceptors (Lipinski definition) is 4. The van der Waals surface area contributed by atoms with Crippen molar-refractivity contribution in [3.05, 3.63) is 75.8 Å². The quantitative estimate of drug-likeness (QED) is 0.365. The number of Topliss-reactive ketones (excluding diaryl/α,β-unsaturated/α-hetero) is 1. The number of nitro groups is 1. The SMILES string of the molecule is O=C1/C(=C/c2ccccc2)CCC[C@@H]1C(=S)Nc1ccc([N+](=O)[O-])cc1. The van der Waals surface area contributed by atoms with Crippen molar-refractivity contribution in [3.63, 3.8) is 0 Å². The number of nitrogens with one attached hydrogen (secondary N) is 1. The van der Waals surface area contributed by atoms with Gasteiger partial charge in [-0.1, -0.05) is 42.5 Å². The largest absolute Gasteiger partial charge is 0.349 e. The molecule has 3 rings (SSSR count). The number of anilines is 1. The molecule has 5 nitrogen and oxygen atoms in total. The minimum absolute atomic E-state index is 0.0169. The molecule has 0 unspecified atom stereocenters. The summed E-state index contributed by atoms with van der Waals surface area (Å²) >= 11 is 5.44. The standard InChI is InChI=1S/C20H18N2O3S/c23-19-15(13-14-5-2-1-3-6-14)7-4-8-18(19)20(26)21-16-9-11-17(12-10-16)22(24)25/h1-3,5-6,9-13,18H,4,7-8H2,(H,21,26)/b15-13+/t18-/m0/s1. The van der Waals surface area contributed by atoms with Crippen molar-refractivity contribution in [1.82, 2.24) is 0 Å². The second-order valence-corrected chi connectivity index (χ2v) is 6.62. The predicted molar refractivity (Wildman–Crippen MR) is 106 cm³/mol. The van der Waals surface area contributed by atoms with Crippen LogP contribution in [0.3, 0.4) is 0 Å². The Morgan fingerprint density at radius 1 is 1.15 bits per heavy atom. The molecule has 0 amide bonds. The van der Waals surface area contributed by atoms with E-state index in [1.165, 1.54) is 12.1 Å². The number of rotatable bonds is 4. The third kappa shape index (κ3) is 4.21. The Morgan fingerprint density at radius 3 is 2.50 bits per heavy atom. The lowest BCUT2D eigenvalue weighted by atomic mass is 9.83. The molecule has 26 heavy (non-hydrogen) atoms. The molecular weight excluding hydrogens is 348 g/mol. The second-order valence-electron chi connectivity index (χ2n) is 6.18. The molecule has 0 bridgehead atoms. The summed E-state index contributed by atoms with van der Waals surface area (Å²) in [4.78, 5) is 23.5. The summed E-state index contributed by atoms with van der Waals surface area (Å²) in [5.41, 5.74) is 2.46. The molecule has 0 aromatic heterocycles. The van der Waals surface area contributed by atoms with Gasteiger partial charge in [-0.05, 0) is 48.6 Å². The molecular formula is C20H18N2O3S. The van der Waals surface area contributed by atoms with Crippen LogP contribution in [-0.4, -0.2) is 15.7 Å². The minimum atomic E-state index is -0.451. The number of thiocarbonyl (C=S) groups is 1. The van der Waals surface area contributed by atoms with Gasteiger partial charge in [0.1, 0.15) is 0 Å². The molecule has 2 aromatic carbocycles. The normalized spacial score (nSPS) is 18.5. The van der Waals surface area contributed by atoms with E-state index in [1.807, 2.05) is 36.4 Å². The Bertz CT molecular complexity index is 860. The van der Waals surface area contributed by atoms with Crippen molar-refractivity contribution in [3.8, 4) is 0 Å². The van der Waals surface area contributed by atoms with Gasteiger partial charge in [-0.15, -0.1) is 0 Å². The van der Waals surface area contributed by atoms with Gasteiger partial charge in [-0.25, -0.2) is 0 Å². The van der Waals surface area contributed by atoms with Crippen LogP contribution >= 0.6 is 12.2 Å². The van der Waals surface area contributed by atoms with Crippen LogP contribution in [0.5, 0.6) is 0 Å². The van der Waals surface area contributed by atoms with Crippen molar-refractivity contribution in [2.75, 3.05) is 5.32 Å². The Labute approximate surface area is 156 Å². The summed E-state index contributed by atoms with van der Waals surface area (Å²) in [6.07, 6.45) is 4.30. The molecule has 0 radical (unpaired) electrons. The number of hydrogen-bond donors (Lipinski definition) is 1. The van der Waals surface area contributed by atoms with Gasteiger partial charge in [-0.2, -0.15) is 0 Å². The highest BCUT2D eigenvalue weighted by Gasteiger charge is 2.29. The number of nitro benzene ring substituents is 1. The maximum Gasteiger partial charge on any atom is 0.269 e. The van der Waals surface area contributed by atoms with Crippen LogP contribution in [0.25, 0.3) is 6.08 Å². The molecule has 0 heterocycles. The summed E-state index contributed by atoms with van der Waals surface area (Å²) in [5.74, 6) is -0.302. The fourth-order valence-corrected chi connectivity index (χ4v) is 3.36. The highest BCUT2D eigenvalue weighted by Crippen LogP contribution is 2.29. The molecule has 1 saturated carbocycles. The van der Waals surface area contributed by atoms with E-state index in [0.717, 1.165) is 24.0 Å². The highest BCUT2D eigenvalue weighted by molar-refractivity contribution is 7.80. The first kappa shape index (κ1) is 17.9. The number of nitrogens with zero attached hydrogens (tertiary/aromatic N) is 1. The fourth-order valence-electron chi connectivity index (χ4n) is 3.01. The number of benzene rings is 2. The average Bonchev–Trinajstić information content (AvgIpc) is 2.64. The van der Waals surface area contributed by atoms with Gasteiger partial charge >= 0.3 is 0 Å². The van der Waals surface area contributed by atoms with Gasteiger partial charge in [0.05, 0.1) is 15.8 Å². The lowest BCUT2D eigenvalue weighted by molar-refractivity contribution is -0.384. The molecule has 1 N–H and O–H groups in total. The van der Waals surface area contributed by atoms with Crippen molar-refractivity contribution in [1.29, 1.82) is 0 Å². The van der Waals surface area contributed by atoms with E-state index < -0.39 is 4.92 Å². The average molecular weight is 366 g/mol. The van der Waals surface area contributed by atoms with Gasteiger partial charge in [0.15, 0.2) is 5.78 Å². The smallest absolute Gasteiger partial charge is 0.269 e. The van der Waals surface area contributed by atoms with E-state index in [9.17, 15) is 14.9 Å². The summed E-state index contributed by atoms with van der Waals surface area (Å²) in [6.45, 7) is 0. The van der Waals surface area contributed by atoms with E-state index in [0.29, 0.717) is 17.1 Å². The summed E-state index contributed by atoms with van der Waals surface area (Å²) in [7, 11) is 0. The van der Waals surface area contributed by atoms with Gasteiger partial charge in [0.25, 0.3) is 5.69 Å². The van der Waals surface area contributed by atoms with Gasteiger partial charge in [0.2, 0.25) is 0 Å². The fraction of sp³-hybridized carbons (Fsp3) is 0.200. The van der Waals surface area contributed by atoms with Crippen molar-refractivity contribution in [2.24, 2.45) is 5.92 Å². The van der Waals surface area contributed by atoms with E-state index >= 15 is 0 Å². The molecule has 1 fully saturated rings. The van der Waals surface area contributed by atoms with Crippen LogP contribution in [0.4, 0.5) is 11.4 Å². The van der Waals surface area contributed by atoms with Crippen LogP contribution in [0.1, 0.15) is 24.8 Å². The number of allylic oxidation sites excluding steroid dienone is 1. The zero-order valence-electron chi connectivity index (χ0n) is 14.1. The summed E-state index contributed by atoms with van der Waals surface area (Å²) in [5, 5.41) is 13.8. The maximum absolute atomic E-state index is 12.8. The maximum atomic E-state index is 12.8. The zero-order chi connectivity index (χ0) is 18.5. The molecule has 6 heteroatoms. The molecule has 132 valence electrons. The van der Waals surface area contributed by atoms with E-state index in [-0.39, 0.29) is 17.4 Å². The first-order chi connectivity index (χ1) is 12.5. The molecule has 0 aliphatic heterocycles. The van der Waals surface area contributed by atoms with Gasteiger partial charge in [-0.3, -0.25) is 14.9 Å². The molecule has 0 saturated heterocycles. The van der Waals surface area contributed by atoms with Crippen LogP contribution in [0.15, 0.2) is 60.2 Å². The summed E-state index contributed by atoms with van der Waals surface area (Å²) in [6, 6.07) is 15.8. The number of ketones is 1. The summed E-state index contributed by atoms with van der Waals surface area (Å²) < 4.78 is 0. The van der Waals surface area contributed by atoms with Crippen LogP contribution in [0, 0.1) is 16.0 Å².